The van der Waals surface area contributed by atoms with E-state index in [1.807, 2.05) is 30.3 Å². The molecule has 0 atom stereocenters. The van der Waals surface area contributed by atoms with Crippen LogP contribution in [0.15, 0.2) is 77.3 Å². The highest BCUT2D eigenvalue weighted by Crippen LogP contribution is 2.39. The third-order valence-electron chi connectivity index (χ3n) is 3.70. The fraction of sp³-hybridized carbons (Fsp3) is 0. The zero-order chi connectivity index (χ0) is 18.6. The first-order valence-corrected chi connectivity index (χ1v) is 8.72. The Bertz CT molecular complexity index is 1120. The lowest BCUT2D eigenvalue weighted by Crippen LogP contribution is -2.03. The van der Waals surface area contributed by atoms with Crippen LogP contribution in [0.1, 0.15) is 0 Å². The number of para-hydroxylation sites is 1. The van der Waals surface area contributed by atoms with E-state index in [-0.39, 0.29) is 16.5 Å². The van der Waals surface area contributed by atoms with Gasteiger partial charge in [0.25, 0.3) is 0 Å². The largest absolute Gasteiger partial charge is 0.343 e. The fourth-order valence-electron chi connectivity index (χ4n) is 2.53. The molecule has 27 heavy (non-hydrogen) atoms. The van der Waals surface area contributed by atoms with E-state index in [1.54, 1.807) is 30.7 Å². The lowest BCUT2D eigenvalue weighted by molar-refractivity contribution is -0.387. The van der Waals surface area contributed by atoms with Gasteiger partial charge in [-0.1, -0.05) is 30.0 Å². The van der Waals surface area contributed by atoms with Crippen LogP contribution in [0.5, 0.6) is 0 Å². The maximum Gasteiger partial charge on any atom is 0.343 e. The molecule has 0 spiro atoms. The smallest absolute Gasteiger partial charge is 0.333 e. The molecule has 0 bridgehead atoms. The van der Waals surface area contributed by atoms with Gasteiger partial charge in [0.05, 0.1) is 22.3 Å². The van der Waals surface area contributed by atoms with Gasteiger partial charge in [-0.25, -0.2) is 9.97 Å². The third kappa shape index (κ3) is 3.53. The molecule has 4 aromatic rings. The molecule has 0 aliphatic heterocycles. The first kappa shape index (κ1) is 16.9. The summed E-state index contributed by atoms with van der Waals surface area (Å²) in [6, 6.07) is 13.0. The minimum atomic E-state index is -0.487. The number of pyridine rings is 2. The molecule has 1 N–H and O–H groups in total. The molecule has 0 aliphatic rings. The van der Waals surface area contributed by atoms with Crippen LogP contribution in [0.2, 0.25) is 0 Å². The molecule has 1 aromatic carbocycles. The Morgan fingerprint density at radius 2 is 1.85 bits per heavy atom. The molecule has 3 aromatic heterocycles. The highest BCUT2D eigenvalue weighted by atomic mass is 32.2. The fourth-order valence-corrected chi connectivity index (χ4v) is 3.52. The van der Waals surface area contributed by atoms with E-state index in [4.69, 9.17) is 0 Å². The molecule has 4 rings (SSSR count). The number of benzene rings is 1. The minimum Gasteiger partial charge on any atom is -0.333 e. The summed E-state index contributed by atoms with van der Waals surface area (Å²) >= 11 is 1.19. The van der Waals surface area contributed by atoms with E-state index in [9.17, 15) is 10.1 Å². The summed E-state index contributed by atoms with van der Waals surface area (Å²) in [5.74, 6) is 0.110. The summed E-state index contributed by atoms with van der Waals surface area (Å²) in [5, 5.41) is 15.8. The number of hydrogen-bond donors (Lipinski definition) is 1. The van der Waals surface area contributed by atoms with Crippen LogP contribution in [0, 0.1) is 10.1 Å². The lowest BCUT2D eigenvalue weighted by atomic mass is 10.2. The van der Waals surface area contributed by atoms with Crippen LogP contribution in [0.3, 0.4) is 0 Å². The Labute approximate surface area is 157 Å². The van der Waals surface area contributed by atoms with Crippen molar-refractivity contribution in [2.75, 3.05) is 5.32 Å². The second kappa shape index (κ2) is 7.34. The van der Waals surface area contributed by atoms with E-state index in [1.165, 1.54) is 18.1 Å². The van der Waals surface area contributed by atoms with Gasteiger partial charge >= 0.3 is 5.69 Å². The summed E-state index contributed by atoms with van der Waals surface area (Å²) in [7, 11) is 0. The summed E-state index contributed by atoms with van der Waals surface area (Å²) in [5.41, 5.74) is 1.17. The molecule has 0 radical (unpaired) electrons. The standard InChI is InChI=1S/C18H12N6O2S/c25-24(26)16-17(23-13-6-3-8-19-10-13)21-11-22-18(16)27-14-7-1-4-12-5-2-9-20-15(12)14/h1-11H,(H,21,22,23). The van der Waals surface area contributed by atoms with Crippen LogP contribution in [-0.4, -0.2) is 24.9 Å². The summed E-state index contributed by atoms with van der Waals surface area (Å²) in [6.45, 7) is 0. The van der Waals surface area contributed by atoms with E-state index in [0.29, 0.717) is 5.69 Å². The van der Waals surface area contributed by atoms with Crippen molar-refractivity contribution in [3.8, 4) is 0 Å². The number of fused-ring (bicyclic) bond motifs is 1. The van der Waals surface area contributed by atoms with Crippen LogP contribution >= 0.6 is 11.8 Å². The predicted molar refractivity (Wildman–Crippen MR) is 102 cm³/mol. The zero-order valence-corrected chi connectivity index (χ0v) is 14.6. The van der Waals surface area contributed by atoms with Crippen LogP contribution in [0.25, 0.3) is 10.9 Å². The molecule has 3 heterocycles. The normalized spacial score (nSPS) is 10.7. The van der Waals surface area contributed by atoms with E-state index < -0.39 is 4.92 Å². The van der Waals surface area contributed by atoms with E-state index in [0.717, 1.165) is 15.8 Å². The van der Waals surface area contributed by atoms with E-state index >= 15 is 0 Å². The Morgan fingerprint density at radius 3 is 2.67 bits per heavy atom. The van der Waals surface area contributed by atoms with Crippen molar-refractivity contribution in [1.82, 2.24) is 19.9 Å². The Balaban J connectivity index is 1.76. The topological polar surface area (TPSA) is 107 Å². The number of nitrogens with one attached hydrogen (secondary N) is 1. The van der Waals surface area contributed by atoms with Crippen molar-refractivity contribution in [3.63, 3.8) is 0 Å². The molecular formula is C18H12N6O2S. The van der Waals surface area contributed by atoms with Gasteiger partial charge in [-0.2, -0.15) is 0 Å². The number of nitro groups is 1. The number of anilines is 2. The molecule has 0 amide bonds. The molecule has 132 valence electrons. The lowest BCUT2D eigenvalue weighted by Gasteiger charge is -2.09. The van der Waals surface area contributed by atoms with Crippen LogP contribution in [0.4, 0.5) is 17.2 Å². The third-order valence-corrected chi connectivity index (χ3v) is 4.74. The highest BCUT2D eigenvalue weighted by Gasteiger charge is 2.24. The van der Waals surface area contributed by atoms with Crippen molar-refractivity contribution in [3.05, 3.63) is 77.5 Å². The van der Waals surface area contributed by atoms with Gasteiger partial charge in [-0.3, -0.25) is 20.1 Å². The first-order chi connectivity index (χ1) is 13.2. The number of hydrogen-bond acceptors (Lipinski definition) is 8. The monoisotopic (exact) mass is 376 g/mol. The van der Waals surface area contributed by atoms with Crippen molar-refractivity contribution in [2.24, 2.45) is 0 Å². The maximum absolute atomic E-state index is 11.7. The van der Waals surface area contributed by atoms with Gasteiger partial charge < -0.3 is 5.32 Å². The van der Waals surface area contributed by atoms with Gasteiger partial charge in [0.15, 0.2) is 5.03 Å². The Morgan fingerprint density at radius 1 is 1.00 bits per heavy atom. The van der Waals surface area contributed by atoms with Crippen LogP contribution in [-0.2, 0) is 0 Å². The molecule has 9 heteroatoms. The Hall–Kier alpha value is -3.59. The molecular weight excluding hydrogens is 364 g/mol. The highest BCUT2D eigenvalue weighted by molar-refractivity contribution is 7.99. The van der Waals surface area contributed by atoms with Gasteiger partial charge in [0, 0.05) is 22.7 Å². The van der Waals surface area contributed by atoms with Gasteiger partial charge in [-0.05, 0) is 24.3 Å². The number of nitrogens with zero attached hydrogens (tertiary/aromatic N) is 5. The quantitative estimate of drug-likeness (QED) is 0.313. The maximum atomic E-state index is 11.7. The summed E-state index contributed by atoms with van der Waals surface area (Å²) < 4.78 is 0. The van der Waals surface area contributed by atoms with Gasteiger partial charge in [-0.15, -0.1) is 0 Å². The molecule has 0 saturated heterocycles. The SMILES string of the molecule is O=[N+]([O-])c1c(Nc2cccnc2)ncnc1Sc1cccc2cccnc12. The summed E-state index contributed by atoms with van der Waals surface area (Å²) in [4.78, 5) is 28.6. The zero-order valence-electron chi connectivity index (χ0n) is 13.8. The van der Waals surface area contributed by atoms with Crippen molar-refractivity contribution in [2.45, 2.75) is 9.92 Å². The van der Waals surface area contributed by atoms with Gasteiger partial charge in [0.2, 0.25) is 5.82 Å². The van der Waals surface area contributed by atoms with Crippen molar-refractivity contribution in [1.29, 1.82) is 0 Å². The second-order valence-corrected chi connectivity index (χ2v) is 6.46. The Kier molecular flexibility index (Phi) is 4.58. The van der Waals surface area contributed by atoms with Crippen molar-refractivity contribution >= 4 is 39.9 Å². The summed E-state index contributed by atoms with van der Waals surface area (Å²) in [6.07, 6.45) is 6.17. The number of rotatable bonds is 5. The number of aromatic nitrogens is 4. The molecule has 0 saturated carbocycles. The molecule has 0 unspecified atom stereocenters. The van der Waals surface area contributed by atoms with Gasteiger partial charge in [0.1, 0.15) is 6.33 Å². The molecule has 8 nitrogen and oxygen atoms in total. The van der Waals surface area contributed by atoms with E-state index in [2.05, 4.69) is 25.3 Å². The minimum absolute atomic E-state index is 0.110. The second-order valence-electron chi connectivity index (χ2n) is 5.43. The molecule has 0 fully saturated rings. The average molecular weight is 376 g/mol. The first-order valence-electron chi connectivity index (χ1n) is 7.90. The van der Waals surface area contributed by atoms with Crippen LogP contribution < -0.4 is 5.32 Å². The average Bonchev–Trinajstić information content (AvgIpc) is 2.69. The molecule has 0 aliphatic carbocycles. The predicted octanol–water partition coefficient (Wildman–Crippen LogP) is 4.22. The van der Waals surface area contributed by atoms with Crippen molar-refractivity contribution < 1.29 is 4.92 Å².